The topological polar surface area (TPSA) is 63.4 Å². The van der Waals surface area contributed by atoms with Crippen LogP contribution in [0.4, 0.5) is 5.69 Å². The van der Waals surface area contributed by atoms with Gasteiger partial charge in [0.05, 0.1) is 9.95 Å². The first-order valence-electron chi connectivity index (χ1n) is 4.41. The standard InChI is InChI=1S/C10H12ClNO3/c1-10(2,3)6-4-7(11)9(13)8(5-6)12(14)15/h4-5,13H,1-3H3. The highest BCUT2D eigenvalue weighted by molar-refractivity contribution is 6.32. The van der Waals surface area contributed by atoms with Gasteiger partial charge in [-0.05, 0) is 17.0 Å². The van der Waals surface area contributed by atoms with Crippen LogP contribution in [-0.2, 0) is 5.41 Å². The molecule has 0 fully saturated rings. The third-order valence-electron chi connectivity index (χ3n) is 2.11. The van der Waals surface area contributed by atoms with E-state index in [-0.39, 0.29) is 16.1 Å². The number of rotatable bonds is 1. The van der Waals surface area contributed by atoms with Crippen LogP contribution < -0.4 is 0 Å². The Bertz CT molecular complexity index is 410. The molecule has 82 valence electrons. The molecule has 0 radical (unpaired) electrons. The van der Waals surface area contributed by atoms with Gasteiger partial charge in [-0.25, -0.2) is 0 Å². The van der Waals surface area contributed by atoms with E-state index >= 15 is 0 Å². The van der Waals surface area contributed by atoms with Gasteiger partial charge in [-0.1, -0.05) is 32.4 Å². The molecule has 0 spiro atoms. The largest absolute Gasteiger partial charge is 0.501 e. The number of nitrogens with zero attached hydrogens (tertiary/aromatic N) is 1. The van der Waals surface area contributed by atoms with E-state index in [1.807, 2.05) is 20.8 Å². The molecule has 0 saturated heterocycles. The van der Waals surface area contributed by atoms with E-state index in [0.29, 0.717) is 0 Å². The van der Waals surface area contributed by atoms with Crippen LogP contribution in [0.15, 0.2) is 12.1 Å². The molecule has 1 aromatic carbocycles. The van der Waals surface area contributed by atoms with E-state index in [0.717, 1.165) is 5.56 Å². The quantitative estimate of drug-likeness (QED) is 0.594. The van der Waals surface area contributed by atoms with Gasteiger partial charge in [0, 0.05) is 6.07 Å². The first-order valence-corrected chi connectivity index (χ1v) is 4.78. The summed E-state index contributed by atoms with van der Waals surface area (Å²) in [6.45, 7) is 5.75. The number of halogens is 1. The van der Waals surface area contributed by atoms with Crippen LogP contribution in [0.3, 0.4) is 0 Å². The average molecular weight is 230 g/mol. The highest BCUT2D eigenvalue weighted by Gasteiger charge is 2.23. The van der Waals surface area contributed by atoms with Crippen molar-refractivity contribution in [1.82, 2.24) is 0 Å². The Labute approximate surface area is 92.6 Å². The van der Waals surface area contributed by atoms with Crippen LogP contribution in [0.2, 0.25) is 5.02 Å². The maximum atomic E-state index is 10.6. The van der Waals surface area contributed by atoms with Crippen molar-refractivity contribution in [3.63, 3.8) is 0 Å². The minimum absolute atomic E-state index is 0.00845. The number of nitro groups is 1. The Morgan fingerprint density at radius 2 is 1.93 bits per heavy atom. The number of aromatic hydroxyl groups is 1. The molecule has 1 N–H and O–H groups in total. The van der Waals surface area contributed by atoms with E-state index in [1.165, 1.54) is 6.07 Å². The summed E-state index contributed by atoms with van der Waals surface area (Å²) in [7, 11) is 0. The van der Waals surface area contributed by atoms with Crippen LogP contribution in [0.5, 0.6) is 5.75 Å². The van der Waals surface area contributed by atoms with Crippen molar-refractivity contribution in [2.75, 3.05) is 0 Å². The lowest BCUT2D eigenvalue weighted by Crippen LogP contribution is -2.11. The summed E-state index contributed by atoms with van der Waals surface area (Å²) in [5, 5.41) is 20.0. The average Bonchev–Trinajstić information content (AvgIpc) is 2.06. The number of phenols is 1. The Balaban J connectivity index is 3.43. The van der Waals surface area contributed by atoms with E-state index in [9.17, 15) is 15.2 Å². The number of hydrogen-bond acceptors (Lipinski definition) is 3. The van der Waals surface area contributed by atoms with E-state index in [1.54, 1.807) is 6.07 Å². The molecule has 0 atom stereocenters. The molecule has 0 bridgehead atoms. The second-order valence-electron chi connectivity index (χ2n) is 4.33. The summed E-state index contributed by atoms with van der Waals surface area (Å²) in [4.78, 5) is 10.00. The second-order valence-corrected chi connectivity index (χ2v) is 4.74. The maximum absolute atomic E-state index is 10.6. The molecular formula is C10H12ClNO3. The molecule has 0 aliphatic rings. The fraction of sp³-hybridized carbons (Fsp3) is 0.400. The smallest absolute Gasteiger partial charge is 0.312 e. The summed E-state index contributed by atoms with van der Waals surface area (Å²) < 4.78 is 0. The zero-order chi connectivity index (χ0) is 11.8. The zero-order valence-electron chi connectivity index (χ0n) is 8.74. The van der Waals surface area contributed by atoms with Crippen LogP contribution in [-0.4, -0.2) is 10.0 Å². The molecule has 0 saturated carbocycles. The molecule has 0 aliphatic heterocycles. The summed E-state index contributed by atoms with van der Waals surface area (Å²) in [5.41, 5.74) is 0.117. The van der Waals surface area contributed by atoms with Crippen molar-refractivity contribution in [2.24, 2.45) is 0 Å². The number of phenolic OH excluding ortho intramolecular Hbond substituents is 1. The van der Waals surface area contributed by atoms with Crippen molar-refractivity contribution in [3.05, 3.63) is 32.8 Å². The summed E-state index contributed by atoms with van der Waals surface area (Å²) in [6, 6.07) is 2.89. The fourth-order valence-electron chi connectivity index (χ4n) is 1.16. The molecule has 0 aliphatic carbocycles. The lowest BCUT2D eigenvalue weighted by molar-refractivity contribution is -0.385. The van der Waals surface area contributed by atoms with Gasteiger partial charge in [-0.15, -0.1) is 0 Å². The van der Waals surface area contributed by atoms with Crippen LogP contribution in [0, 0.1) is 10.1 Å². The first-order chi connectivity index (χ1) is 6.73. The summed E-state index contributed by atoms with van der Waals surface area (Å²) >= 11 is 5.71. The minimum atomic E-state index is -0.642. The molecule has 0 aromatic heterocycles. The van der Waals surface area contributed by atoms with Crippen LogP contribution in [0.25, 0.3) is 0 Å². The van der Waals surface area contributed by atoms with Gasteiger partial charge in [0.2, 0.25) is 5.75 Å². The first kappa shape index (κ1) is 11.8. The van der Waals surface area contributed by atoms with E-state index in [4.69, 9.17) is 11.6 Å². The lowest BCUT2D eigenvalue weighted by Gasteiger charge is -2.19. The van der Waals surface area contributed by atoms with E-state index < -0.39 is 10.7 Å². The predicted octanol–water partition coefficient (Wildman–Crippen LogP) is 3.25. The van der Waals surface area contributed by atoms with Gasteiger partial charge in [0.25, 0.3) is 0 Å². The lowest BCUT2D eigenvalue weighted by atomic mass is 9.87. The number of benzene rings is 1. The number of hydrogen-bond donors (Lipinski definition) is 1. The Morgan fingerprint density at radius 1 is 1.40 bits per heavy atom. The zero-order valence-corrected chi connectivity index (χ0v) is 9.50. The summed E-state index contributed by atoms with van der Waals surface area (Å²) in [6.07, 6.45) is 0. The van der Waals surface area contributed by atoms with Gasteiger partial charge >= 0.3 is 5.69 Å². The molecule has 4 nitrogen and oxygen atoms in total. The van der Waals surface area contributed by atoms with Crippen molar-refractivity contribution in [1.29, 1.82) is 0 Å². The normalized spacial score (nSPS) is 11.5. The maximum Gasteiger partial charge on any atom is 0.312 e. The van der Waals surface area contributed by atoms with Gasteiger partial charge < -0.3 is 5.11 Å². The Kier molecular flexibility index (Phi) is 2.90. The predicted molar refractivity (Wildman–Crippen MR) is 58.5 cm³/mol. The third kappa shape index (κ3) is 2.39. The minimum Gasteiger partial charge on any atom is -0.501 e. The molecule has 5 heteroatoms. The fourth-order valence-corrected chi connectivity index (χ4v) is 1.37. The molecule has 0 unspecified atom stereocenters. The van der Waals surface area contributed by atoms with Gasteiger partial charge in [0.15, 0.2) is 0 Å². The van der Waals surface area contributed by atoms with Gasteiger partial charge in [0.1, 0.15) is 0 Å². The highest BCUT2D eigenvalue weighted by Crippen LogP contribution is 2.38. The monoisotopic (exact) mass is 229 g/mol. The van der Waals surface area contributed by atoms with E-state index in [2.05, 4.69) is 0 Å². The van der Waals surface area contributed by atoms with Crippen molar-refractivity contribution >= 4 is 17.3 Å². The van der Waals surface area contributed by atoms with Crippen molar-refractivity contribution < 1.29 is 10.0 Å². The molecular weight excluding hydrogens is 218 g/mol. The molecule has 0 amide bonds. The van der Waals surface area contributed by atoms with Crippen LogP contribution in [0.1, 0.15) is 26.3 Å². The molecule has 1 rings (SSSR count). The highest BCUT2D eigenvalue weighted by atomic mass is 35.5. The number of nitro benzene ring substituents is 1. The van der Waals surface area contributed by atoms with Crippen molar-refractivity contribution in [2.45, 2.75) is 26.2 Å². The van der Waals surface area contributed by atoms with Gasteiger partial charge in [-0.2, -0.15) is 0 Å². The Morgan fingerprint density at radius 3 is 2.33 bits per heavy atom. The molecule has 1 aromatic rings. The molecule has 0 heterocycles. The SMILES string of the molecule is CC(C)(C)c1cc(Cl)c(O)c([N+](=O)[O-])c1. The molecule has 15 heavy (non-hydrogen) atoms. The van der Waals surface area contributed by atoms with Crippen molar-refractivity contribution in [3.8, 4) is 5.75 Å². The van der Waals surface area contributed by atoms with Crippen LogP contribution >= 0.6 is 11.6 Å². The Hall–Kier alpha value is -1.29. The van der Waals surface area contributed by atoms with Gasteiger partial charge in [-0.3, -0.25) is 10.1 Å². The third-order valence-corrected chi connectivity index (χ3v) is 2.39. The second kappa shape index (κ2) is 3.70. The summed E-state index contributed by atoms with van der Waals surface area (Å²) in [5.74, 6) is -0.477.